The Bertz CT molecular complexity index is 106. The van der Waals surface area contributed by atoms with Crippen LogP contribution in [0.4, 0.5) is 0 Å². The fourth-order valence-electron chi connectivity index (χ4n) is 1.41. The quantitative estimate of drug-likeness (QED) is 0.631. The van der Waals surface area contributed by atoms with Gasteiger partial charge in [0.1, 0.15) is 0 Å². The molecular formula is C7H16ClNO. The summed E-state index contributed by atoms with van der Waals surface area (Å²) in [5, 5.41) is 3.37. The smallest absolute Gasteiger partial charge is 0.0759 e. The van der Waals surface area contributed by atoms with Crippen molar-refractivity contribution >= 4 is 12.4 Å². The second-order valence-corrected chi connectivity index (χ2v) is 3.16. The predicted molar refractivity (Wildman–Crippen MR) is 44.7 cm³/mol. The molecule has 0 spiro atoms. The first-order chi connectivity index (χ1) is 4.17. The average Bonchev–Trinajstić information content (AvgIpc) is 2.08. The fraction of sp³-hybridized carbons (Fsp3) is 1.00. The van der Waals surface area contributed by atoms with E-state index in [1.807, 2.05) is 0 Å². The van der Waals surface area contributed by atoms with Gasteiger partial charge in [0.2, 0.25) is 0 Å². The van der Waals surface area contributed by atoms with Crippen LogP contribution in [0.1, 0.15) is 20.3 Å². The minimum absolute atomic E-state index is 0. The Balaban J connectivity index is 0.000000810. The van der Waals surface area contributed by atoms with Gasteiger partial charge in [0.05, 0.1) is 6.10 Å². The molecule has 1 unspecified atom stereocenters. The van der Waals surface area contributed by atoms with Gasteiger partial charge in [-0.15, -0.1) is 12.4 Å². The first-order valence-corrected chi connectivity index (χ1v) is 3.44. The summed E-state index contributed by atoms with van der Waals surface area (Å²) in [5.41, 5.74) is 0.189. The molecule has 0 bridgehead atoms. The molecule has 1 rings (SSSR count). The molecular weight excluding hydrogens is 150 g/mol. The summed E-state index contributed by atoms with van der Waals surface area (Å²) in [6.07, 6.45) is 1.54. The van der Waals surface area contributed by atoms with Crippen molar-refractivity contribution < 1.29 is 4.74 Å². The lowest BCUT2D eigenvalue weighted by Crippen LogP contribution is -2.42. The zero-order valence-electron chi connectivity index (χ0n) is 6.81. The SMILES string of the molecule is COC1CCNC1(C)C.Cl. The van der Waals surface area contributed by atoms with Crippen LogP contribution in [0.3, 0.4) is 0 Å². The van der Waals surface area contributed by atoms with E-state index in [1.165, 1.54) is 0 Å². The maximum absolute atomic E-state index is 5.26. The molecule has 0 aromatic carbocycles. The third-order valence-electron chi connectivity index (χ3n) is 2.08. The van der Waals surface area contributed by atoms with Gasteiger partial charge in [-0.25, -0.2) is 0 Å². The molecule has 1 fully saturated rings. The highest BCUT2D eigenvalue weighted by Crippen LogP contribution is 2.20. The van der Waals surface area contributed by atoms with Gasteiger partial charge in [-0.2, -0.15) is 0 Å². The van der Waals surface area contributed by atoms with Crippen molar-refractivity contribution in [1.29, 1.82) is 0 Å². The van der Waals surface area contributed by atoms with Crippen LogP contribution in [0.5, 0.6) is 0 Å². The summed E-state index contributed by atoms with van der Waals surface area (Å²) < 4.78 is 5.26. The maximum Gasteiger partial charge on any atom is 0.0759 e. The Morgan fingerprint density at radius 1 is 1.50 bits per heavy atom. The number of methoxy groups -OCH3 is 1. The lowest BCUT2D eigenvalue weighted by molar-refractivity contribution is 0.0617. The largest absolute Gasteiger partial charge is 0.380 e. The van der Waals surface area contributed by atoms with Crippen molar-refractivity contribution in [2.75, 3.05) is 13.7 Å². The number of rotatable bonds is 1. The lowest BCUT2D eigenvalue weighted by atomic mass is 10.0. The monoisotopic (exact) mass is 165 g/mol. The van der Waals surface area contributed by atoms with E-state index in [9.17, 15) is 0 Å². The van der Waals surface area contributed by atoms with Crippen LogP contribution in [0.25, 0.3) is 0 Å². The molecule has 1 aliphatic heterocycles. The van der Waals surface area contributed by atoms with E-state index < -0.39 is 0 Å². The molecule has 0 aromatic rings. The van der Waals surface area contributed by atoms with Gasteiger partial charge in [0, 0.05) is 12.6 Å². The normalized spacial score (nSPS) is 29.7. The van der Waals surface area contributed by atoms with Crippen LogP contribution in [0.2, 0.25) is 0 Å². The van der Waals surface area contributed by atoms with E-state index in [1.54, 1.807) is 7.11 Å². The number of hydrogen-bond donors (Lipinski definition) is 1. The van der Waals surface area contributed by atoms with E-state index in [-0.39, 0.29) is 17.9 Å². The summed E-state index contributed by atoms with van der Waals surface area (Å²) >= 11 is 0. The summed E-state index contributed by atoms with van der Waals surface area (Å²) in [6, 6.07) is 0. The van der Waals surface area contributed by atoms with Crippen molar-refractivity contribution in [2.45, 2.75) is 31.9 Å². The van der Waals surface area contributed by atoms with Crippen LogP contribution in [-0.2, 0) is 4.74 Å². The molecule has 1 aliphatic rings. The highest BCUT2D eigenvalue weighted by Gasteiger charge is 2.33. The Morgan fingerprint density at radius 2 is 2.10 bits per heavy atom. The average molecular weight is 166 g/mol. The molecule has 3 heteroatoms. The first-order valence-electron chi connectivity index (χ1n) is 3.44. The lowest BCUT2D eigenvalue weighted by Gasteiger charge is -2.25. The molecule has 0 aliphatic carbocycles. The van der Waals surface area contributed by atoms with Gasteiger partial charge in [0.25, 0.3) is 0 Å². The molecule has 10 heavy (non-hydrogen) atoms. The summed E-state index contributed by atoms with van der Waals surface area (Å²) in [6.45, 7) is 5.44. The maximum atomic E-state index is 5.26. The zero-order chi connectivity index (χ0) is 6.91. The second kappa shape index (κ2) is 3.56. The van der Waals surface area contributed by atoms with Crippen LogP contribution < -0.4 is 5.32 Å². The van der Waals surface area contributed by atoms with Gasteiger partial charge >= 0.3 is 0 Å². The number of halogens is 1. The van der Waals surface area contributed by atoms with Gasteiger partial charge < -0.3 is 10.1 Å². The van der Waals surface area contributed by atoms with E-state index >= 15 is 0 Å². The molecule has 0 radical (unpaired) electrons. The minimum atomic E-state index is 0. The molecule has 0 amide bonds. The van der Waals surface area contributed by atoms with Crippen molar-refractivity contribution in [3.8, 4) is 0 Å². The number of hydrogen-bond acceptors (Lipinski definition) is 2. The van der Waals surface area contributed by atoms with Crippen molar-refractivity contribution in [1.82, 2.24) is 5.32 Å². The van der Waals surface area contributed by atoms with E-state index in [0.717, 1.165) is 13.0 Å². The molecule has 1 saturated heterocycles. The minimum Gasteiger partial charge on any atom is -0.380 e. The van der Waals surface area contributed by atoms with E-state index in [2.05, 4.69) is 19.2 Å². The molecule has 62 valence electrons. The fourth-order valence-corrected chi connectivity index (χ4v) is 1.41. The third kappa shape index (κ3) is 1.84. The van der Waals surface area contributed by atoms with E-state index in [4.69, 9.17) is 4.74 Å². The summed E-state index contributed by atoms with van der Waals surface area (Å²) in [5.74, 6) is 0. The molecule has 1 N–H and O–H groups in total. The highest BCUT2D eigenvalue weighted by atomic mass is 35.5. The number of nitrogens with one attached hydrogen (secondary N) is 1. The Labute approximate surface area is 68.7 Å². The van der Waals surface area contributed by atoms with Gasteiger partial charge in [-0.05, 0) is 26.8 Å². The molecule has 2 nitrogen and oxygen atoms in total. The van der Waals surface area contributed by atoms with Crippen LogP contribution in [0.15, 0.2) is 0 Å². The molecule has 1 atom stereocenters. The van der Waals surface area contributed by atoms with Crippen molar-refractivity contribution in [3.05, 3.63) is 0 Å². The van der Waals surface area contributed by atoms with Crippen molar-refractivity contribution in [2.24, 2.45) is 0 Å². The summed E-state index contributed by atoms with van der Waals surface area (Å²) in [7, 11) is 1.78. The van der Waals surface area contributed by atoms with E-state index in [0.29, 0.717) is 6.10 Å². The second-order valence-electron chi connectivity index (χ2n) is 3.16. The summed E-state index contributed by atoms with van der Waals surface area (Å²) in [4.78, 5) is 0. The molecule has 1 heterocycles. The van der Waals surface area contributed by atoms with Crippen LogP contribution >= 0.6 is 12.4 Å². The predicted octanol–water partition coefficient (Wildman–Crippen LogP) is 1.20. The van der Waals surface area contributed by atoms with Gasteiger partial charge in [-0.3, -0.25) is 0 Å². The van der Waals surface area contributed by atoms with Gasteiger partial charge in [0.15, 0.2) is 0 Å². The zero-order valence-corrected chi connectivity index (χ0v) is 7.62. The molecule has 0 saturated carbocycles. The Morgan fingerprint density at radius 3 is 2.30 bits per heavy atom. The van der Waals surface area contributed by atoms with Crippen LogP contribution in [-0.4, -0.2) is 25.3 Å². The molecule has 0 aromatic heterocycles. The topological polar surface area (TPSA) is 21.3 Å². The van der Waals surface area contributed by atoms with Gasteiger partial charge in [-0.1, -0.05) is 0 Å². The third-order valence-corrected chi connectivity index (χ3v) is 2.08. The van der Waals surface area contributed by atoms with Crippen molar-refractivity contribution in [3.63, 3.8) is 0 Å². The Kier molecular flexibility index (Phi) is 3.63. The highest BCUT2D eigenvalue weighted by molar-refractivity contribution is 5.85. The number of ether oxygens (including phenoxy) is 1. The first kappa shape index (κ1) is 10.2. The van der Waals surface area contributed by atoms with Crippen LogP contribution in [0, 0.1) is 0 Å². The Hall–Kier alpha value is 0.210. The standard InChI is InChI=1S/C7H15NO.ClH/c1-7(2)6(9-3)4-5-8-7;/h6,8H,4-5H2,1-3H3;1H.